The molecule has 0 aromatic rings. The van der Waals surface area contributed by atoms with Gasteiger partial charge in [-0.25, -0.2) is 29.2 Å². The predicted octanol–water partition coefficient (Wildman–Crippen LogP) is 6.09. The molecule has 236 valence electrons. The maximum absolute atomic E-state index is 12.5. The number of alkyl carbamates (subject to hydrolysis) is 2. The third-order valence-electron chi connectivity index (χ3n) is 9.50. The minimum absolute atomic E-state index is 0.0360. The quantitative estimate of drug-likeness (QED) is 0.234. The number of ether oxygens (including phenoxy) is 2. The van der Waals surface area contributed by atoms with Crippen molar-refractivity contribution >= 4 is 24.3 Å². The Morgan fingerprint density at radius 1 is 0.667 bits per heavy atom. The number of carbonyl (C=O) groups is 2. The van der Waals surface area contributed by atoms with E-state index in [4.69, 9.17) is 9.47 Å². The van der Waals surface area contributed by atoms with Gasteiger partial charge in [-0.2, -0.15) is 0 Å². The van der Waals surface area contributed by atoms with Gasteiger partial charge in [0, 0.05) is 13.1 Å². The first-order valence-corrected chi connectivity index (χ1v) is 15.6. The first-order valence-electron chi connectivity index (χ1n) is 15.6. The van der Waals surface area contributed by atoms with Gasteiger partial charge in [-0.15, -0.1) is 0 Å². The lowest BCUT2D eigenvalue weighted by Gasteiger charge is -2.45. The van der Waals surface area contributed by atoms with Crippen molar-refractivity contribution in [1.82, 2.24) is 10.6 Å². The van der Waals surface area contributed by atoms with Gasteiger partial charge in [-0.3, -0.25) is 0 Å². The number of isocyanates is 2. The Labute approximate surface area is 251 Å². The van der Waals surface area contributed by atoms with E-state index in [0.29, 0.717) is 38.1 Å². The highest BCUT2D eigenvalue weighted by molar-refractivity contribution is 5.67. The summed E-state index contributed by atoms with van der Waals surface area (Å²) in [4.78, 5) is 54.5. The third kappa shape index (κ3) is 10.9. The maximum atomic E-state index is 12.5. The average Bonchev–Trinajstić information content (AvgIpc) is 2.87. The summed E-state index contributed by atoms with van der Waals surface area (Å²) in [6.45, 7) is 14.7. The molecule has 0 aliphatic heterocycles. The van der Waals surface area contributed by atoms with Crippen molar-refractivity contribution in [2.75, 3.05) is 26.3 Å². The lowest BCUT2D eigenvalue weighted by Crippen LogP contribution is -2.45. The van der Waals surface area contributed by atoms with Gasteiger partial charge in [0.05, 0.1) is 25.3 Å². The van der Waals surface area contributed by atoms with E-state index in [1.54, 1.807) is 12.2 Å². The summed E-state index contributed by atoms with van der Waals surface area (Å²) in [5, 5.41) is 5.88. The smallest absolute Gasteiger partial charge is 0.407 e. The van der Waals surface area contributed by atoms with E-state index in [1.165, 1.54) is 0 Å². The van der Waals surface area contributed by atoms with E-state index in [1.807, 2.05) is 0 Å². The Morgan fingerprint density at radius 3 is 1.36 bits per heavy atom. The zero-order valence-electron chi connectivity index (χ0n) is 26.6. The molecule has 0 aromatic carbocycles. The first kappa shape index (κ1) is 33.8. The number of nitrogens with one attached hydrogen (secondary N) is 2. The van der Waals surface area contributed by atoms with E-state index in [0.717, 1.165) is 64.2 Å². The molecule has 3 aliphatic rings. The lowest BCUT2D eigenvalue weighted by molar-refractivity contribution is 0.0657. The average molecular weight is 589 g/mol. The molecule has 10 nitrogen and oxygen atoms in total. The van der Waals surface area contributed by atoms with E-state index >= 15 is 0 Å². The van der Waals surface area contributed by atoms with Crippen molar-refractivity contribution in [3.63, 3.8) is 0 Å². The van der Waals surface area contributed by atoms with Gasteiger partial charge in [0.25, 0.3) is 0 Å². The van der Waals surface area contributed by atoms with E-state index in [9.17, 15) is 19.2 Å². The number of rotatable bonds is 10. The highest BCUT2D eigenvalue weighted by atomic mass is 16.6. The second-order valence-electron chi connectivity index (χ2n) is 15.7. The molecule has 0 bridgehead atoms. The molecule has 4 atom stereocenters. The van der Waals surface area contributed by atoms with Gasteiger partial charge in [0.15, 0.2) is 0 Å². The van der Waals surface area contributed by atoms with Gasteiger partial charge >= 0.3 is 12.2 Å². The molecule has 3 aliphatic carbocycles. The molecule has 4 unspecified atom stereocenters. The summed E-state index contributed by atoms with van der Waals surface area (Å²) >= 11 is 0. The van der Waals surface area contributed by atoms with Crippen molar-refractivity contribution in [1.29, 1.82) is 0 Å². The zero-order valence-corrected chi connectivity index (χ0v) is 26.6. The van der Waals surface area contributed by atoms with Gasteiger partial charge in [0.1, 0.15) is 0 Å². The topological polar surface area (TPSA) is 136 Å². The monoisotopic (exact) mass is 588 g/mol. The van der Waals surface area contributed by atoms with E-state index in [-0.39, 0.29) is 33.7 Å². The Morgan fingerprint density at radius 2 is 1.02 bits per heavy atom. The second kappa shape index (κ2) is 14.2. The van der Waals surface area contributed by atoms with Crippen LogP contribution in [-0.2, 0) is 19.1 Å². The number of hydrogen-bond acceptors (Lipinski definition) is 8. The predicted molar refractivity (Wildman–Crippen MR) is 159 cm³/mol. The van der Waals surface area contributed by atoms with Crippen LogP contribution in [0.5, 0.6) is 0 Å². The van der Waals surface area contributed by atoms with Gasteiger partial charge in [-0.05, 0) is 97.7 Å². The largest absolute Gasteiger partial charge is 0.449 e. The molecule has 3 fully saturated rings. The van der Waals surface area contributed by atoms with Crippen LogP contribution in [0.15, 0.2) is 9.98 Å². The van der Waals surface area contributed by atoms with Gasteiger partial charge < -0.3 is 20.1 Å². The molecule has 0 saturated heterocycles. The van der Waals surface area contributed by atoms with Crippen LogP contribution >= 0.6 is 0 Å². The van der Waals surface area contributed by atoms with Crippen molar-refractivity contribution < 1.29 is 28.7 Å². The summed E-state index contributed by atoms with van der Waals surface area (Å²) in [5.41, 5.74) is -0.245. The standard InChI is InChI=1S/C32H52N4O6/c1-29(2)11-25(35-21-37)13-31(5,17-29)19-33-27(39)41-15-23-7-9-24(10-8-23)16-42-28(40)34-20-32(6)14-26(36-22-38)12-30(3,4)18-32/h23-26H,7-20H2,1-6H3,(H,33,39)(H,34,40). The highest BCUT2D eigenvalue weighted by Gasteiger charge is 2.42. The van der Waals surface area contributed by atoms with Crippen LogP contribution in [0, 0.1) is 33.5 Å². The molecule has 0 heterocycles. The van der Waals surface area contributed by atoms with Crippen LogP contribution in [0.1, 0.15) is 106 Å². The van der Waals surface area contributed by atoms with Crippen LogP contribution in [0.4, 0.5) is 9.59 Å². The lowest BCUT2D eigenvalue weighted by atomic mass is 9.62. The number of hydrogen-bond donors (Lipinski definition) is 2. The first-order chi connectivity index (χ1) is 19.6. The summed E-state index contributed by atoms with van der Waals surface area (Å²) in [6, 6.07) is -0.131. The van der Waals surface area contributed by atoms with E-state index < -0.39 is 12.2 Å². The number of aliphatic imine (C=N–C) groups is 2. The van der Waals surface area contributed by atoms with Gasteiger partial charge in [0.2, 0.25) is 12.2 Å². The highest BCUT2D eigenvalue weighted by Crippen LogP contribution is 2.47. The fourth-order valence-corrected chi connectivity index (χ4v) is 8.38. The Balaban J connectivity index is 1.31. The van der Waals surface area contributed by atoms with Crippen LogP contribution in [-0.4, -0.2) is 62.7 Å². The fraction of sp³-hybridized carbons (Fsp3) is 0.875. The fourth-order valence-electron chi connectivity index (χ4n) is 8.38. The molecular formula is C32H52N4O6. The number of carbonyl (C=O) groups excluding carboxylic acids is 4. The summed E-state index contributed by atoms with van der Waals surface area (Å²) in [5.74, 6) is 0.598. The van der Waals surface area contributed by atoms with Crippen molar-refractivity contribution in [3.8, 4) is 0 Å². The van der Waals surface area contributed by atoms with Crippen LogP contribution < -0.4 is 10.6 Å². The summed E-state index contributed by atoms with van der Waals surface area (Å²) < 4.78 is 11.1. The molecule has 42 heavy (non-hydrogen) atoms. The van der Waals surface area contributed by atoms with Crippen LogP contribution in [0.25, 0.3) is 0 Å². The Kier molecular flexibility index (Phi) is 11.4. The van der Waals surface area contributed by atoms with E-state index in [2.05, 4.69) is 62.2 Å². The molecule has 2 amide bonds. The van der Waals surface area contributed by atoms with Crippen LogP contribution in [0.2, 0.25) is 0 Å². The third-order valence-corrected chi connectivity index (χ3v) is 9.50. The Hall–Kier alpha value is -2.70. The molecule has 3 saturated carbocycles. The number of nitrogens with zero attached hydrogens (tertiary/aromatic N) is 2. The molecule has 10 heteroatoms. The molecule has 3 rings (SSSR count). The second-order valence-corrected chi connectivity index (χ2v) is 15.7. The van der Waals surface area contributed by atoms with Crippen molar-refractivity contribution in [2.45, 2.75) is 118 Å². The maximum Gasteiger partial charge on any atom is 0.407 e. The SMILES string of the molecule is CC1(C)CC(N=C=O)CC(C)(CNC(=O)OCC2CCC(COC(=O)NCC3(C)CC(N=C=O)CC(C)(C)C3)CC2)C1. The van der Waals surface area contributed by atoms with Gasteiger partial charge in [-0.1, -0.05) is 41.5 Å². The van der Waals surface area contributed by atoms with Crippen molar-refractivity contribution in [3.05, 3.63) is 0 Å². The normalized spacial score (nSPS) is 33.7. The van der Waals surface area contributed by atoms with Crippen LogP contribution in [0.3, 0.4) is 0 Å². The minimum atomic E-state index is -0.406. The molecule has 2 N–H and O–H groups in total. The molecule has 0 spiro atoms. The minimum Gasteiger partial charge on any atom is -0.449 e. The zero-order chi connectivity index (χ0) is 31.0. The molecule has 0 radical (unpaired) electrons. The summed E-state index contributed by atoms with van der Waals surface area (Å²) in [7, 11) is 0. The molecule has 0 aromatic heterocycles. The summed E-state index contributed by atoms with van der Waals surface area (Å²) in [6.07, 6.45) is 11.3. The number of amides is 2. The van der Waals surface area contributed by atoms with Crippen molar-refractivity contribution in [2.24, 2.45) is 43.5 Å². The molecular weight excluding hydrogens is 536 g/mol. The Bertz CT molecular complexity index is 960.